The van der Waals surface area contributed by atoms with E-state index in [9.17, 15) is 14.4 Å². The van der Waals surface area contributed by atoms with Gasteiger partial charge >= 0.3 is 6.03 Å². The largest absolute Gasteiger partial charge is 0.486 e. The molecule has 178 valence electrons. The predicted molar refractivity (Wildman–Crippen MR) is 138 cm³/mol. The summed E-state index contributed by atoms with van der Waals surface area (Å²) in [5, 5.41) is 5.54. The van der Waals surface area contributed by atoms with Crippen molar-refractivity contribution in [3.05, 3.63) is 98.6 Å². The van der Waals surface area contributed by atoms with E-state index >= 15 is 0 Å². The first-order valence-electron chi connectivity index (χ1n) is 10.7. The van der Waals surface area contributed by atoms with Gasteiger partial charge in [0.15, 0.2) is 5.75 Å². The molecule has 0 bridgehead atoms. The minimum absolute atomic E-state index is 0.0410. The van der Waals surface area contributed by atoms with Gasteiger partial charge < -0.3 is 15.4 Å². The van der Waals surface area contributed by atoms with Crippen molar-refractivity contribution in [2.45, 2.75) is 13.5 Å². The standard InChI is InChI=1S/C26H21BrClN3O4/c1-16-6-5-9-19(10-16)29-23(32)14-31-25(33)22(30-26(31)34)13-18-11-20(27)24(21(28)12-18)35-15-17-7-3-2-4-8-17/h2-13H,14-15H2,1H3,(H,29,32)(H,30,34)/b22-13+. The molecule has 0 aromatic heterocycles. The first kappa shape index (κ1) is 24.5. The number of urea groups is 1. The lowest BCUT2D eigenvalue weighted by Gasteiger charge is -2.12. The van der Waals surface area contributed by atoms with Crippen LogP contribution in [0, 0.1) is 6.92 Å². The molecule has 9 heteroatoms. The first-order valence-corrected chi connectivity index (χ1v) is 11.8. The topological polar surface area (TPSA) is 87.7 Å². The number of amides is 4. The number of nitrogens with zero attached hydrogens (tertiary/aromatic N) is 1. The highest BCUT2D eigenvalue weighted by molar-refractivity contribution is 9.10. The summed E-state index contributed by atoms with van der Waals surface area (Å²) in [5.41, 5.74) is 3.17. The van der Waals surface area contributed by atoms with Gasteiger partial charge in [-0.25, -0.2) is 9.69 Å². The monoisotopic (exact) mass is 553 g/mol. The van der Waals surface area contributed by atoms with Gasteiger partial charge in [0, 0.05) is 5.69 Å². The van der Waals surface area contributed by atoms with Gasteiger partial charge in [-0.15, -0.1) is 0 Å². The number of anilines is 1. The van der Waals surface area contributed by atoms with Crippen LogP contribution in [0.2, 0.25) is 5.02 Å². The highest BCUT2D eigenvalue weighted by atomic mass is 79.9. The van der Waals surface area contributed by atoms with Gasteiger partial charge in [-0.2, -0.15) is 0 Å². The Labute approximate surface area is 215 Å². The molecule has 0 spiro atoms. The Morgan fingerprint density at radius 1 is 1.11 bits per heavy atom. The maximum atomic E-state index is 12.8. The molecule has 0 atom stereocenters. The van der Waals surface area contributed by atoms with E-state index in [0.717, 1.165) is 16.0 Å². The average Bonchev–Trinajstić information content (AvgIpc) is 3.06. The van der Waals surface area contributed by atoms with E-state index in [2.05, 4.69) is 26.6 Å². The summed E-state index contributed by atoms with van der Waals surface area (Å²) in [6, 6.07) is 19.6. The van der Waals surface area contributed by atoms with Crippen LogP contribution in [-0.4, -0.2) is 29.3 Å². The van der Waals surface area contributed by atoms with Crippen LogP contribution >= 0.6 is 27.5 Å². The molecule has 1 aliphatic rings. The zero-order valence-electron chi connectivity index (χ0n) is 18.7. The van der Waals surface area contributed by atoms with Gasteiger partial charge in [0.2, 0.25) is 5.91 Å². The van der Waals surface area contributed by atoms with E-state index in [1.165, 1.54) is 6.08 Å². The summed E-state index contributed by atoms with van der Waals surface area (Å²) in [4.78, 5) is 38.4. The quantitative estimate of drug-likeness (QED) is 0.297. The Balaban J connectivity index is 1.44. The molecule has 0 unspecified atom stereocenters. The molecule has 1 heterocycles. The number of hydrogen-bond acceptors (Lipinski definition) is 4. The van der Waals surface area contributed by atoms with Gasteiger partial charge in [0.25, 0.3) is 5.91 Å². The third kappa shape index (κ3) is 6.09. The lowest BCUT2D eigenvalue weighted by molar-refractivity contribution is -0.127. The number of nitrogens with one attached hydrogen (secondary N) is 2. The number of rotatable bonds is 7. The van der Waals surface area contributed by atoms with Crippen LogP contribution in [0.5, 0.6) is 5.75 Å². The minimum Gasteiger partial charge on any atom is -0.486 e. The number of carbonyl (C=O) groups excluding carboxylic acids is 3. The molecule has 4 amide bonds. The molecule has 3 aromatic carbocycles. The molecule has 1 fully saturated rings. The van der Waals surface area contributed by atoms with E-state index in [1.54, 1.807) is 30.3 Å². The van der Waals surface area contributed by atoms with Crippen molar-refractivity contribution in [2.75, 3.05) is 11.9 Å². The Morgan fingerprint density at radius 2 is 1.89 bits per heavy atom. The van der Waals surface area contributed by atoms with Crippen LogP contribution < -0.4 is 15.4 Å². The normalized spacial score (nSPS) is 14.3. The van der Waals surface area contributed by atoms with E-state index in [-0.39, 0.29) is 5.70 Å². The number of imide groups is 1. The molecule has 1 aliphatic heterocycles. The number of halogens is 2. The van der Waals surface area contributed by atoms with Crippen LogP contribution in [0.3, 0.4) is 0 Å². The van der Waals surface area contributed by atoms with Crippen molar-refractivity contribution in [1.29, 1.82) is 0 Å². The zero-order chi connectivity index (χ0) is 24.9. The fourth-order valence-corrected chi connectivity index (χ4v) is 4.47. The number of ether oxygens (including phenoxy) is 1. The Morgan fingerprint density at radius 3 is 2.60 bits per heavy atom. The molecule has 0 radical (unpaired) electrons. The molecular formula is C26H21BrClN3O4. The van der Waals surface area contributed by atoms with Crippen molar-refractivity contribution in [2.24, 2.45) is 0 Å². The molecule has 4 rings (SSSR count). The average molecular weight is 555 g/mol. The SMILES string of the molecule is Cc1cccc(NC(=O)CN2C(=O)N/C(=C/c3cc(Cl)c(OCc4ccccc4)c(Br)c3)C2=O)c1. The van der Waals surface area contributed by atoms with E-state index in [1.807, 2.05) is 43.3 Å². The molecule has 1 saturated heterocycles. The lowest BCUT2D eigenvalue weighted by atomic mass is 10.1. The van der Waals surface area contributed by atoms with Crippen molar-refractivity contribution >= 4 is 57.1 Å². The van der Waals surface area contributed by atoms with Crippen LogP contribution in [0.1, 0.15) is 16.7 Å². The van der Waals surface area contributed by atoms with Crippen LogP contribution in [0.25, 0.3) is 6.08 Å². The first-order chi connectivity index (χ1) is 16.8. The number of carbonyl (C=O) groups is 3. The summed E-state index contributed by atoms with van der Waals surface area (Å²) >= 11 is 9.87. The summed E-state index contributed by atoms with van der Waals surface area (Å²) in [6.45, 7) is 1.83. The van der Waals surface area contributed by atoms with Gasteiger partial charge in [-0.3, -0.25) is 9.59 Å². The smallest absolute Gasteiger partial charge is 0.329 e. The van der Waals surface area contributed by atoms with Gasteiger partial charge in [-0.05, 0) is 69.9 Å². The van der Waals surface area contributed by atoms with Crippen LogP contribution in [-0.2, 0) is 16.2 Å². The van der Waals surface area contributed by atoms with Crippen LogP contribution in [0.4, 0.5) is 10.5 Å². The Kier molecular flexibility index (Phi) is 7.53. The minimum atomic E-state index is -0.673. The summed E-state index contributed by atoms with van der Waals surface area (Å²) in [7, 11) is 0. The molecule has 0 aliphatic carbocycles. The third-order valence-corrected chi connectivity index (χ3v) is 5.99. The highest BCUT2D eigenvalue weighted by Crippen LogP contribution is 2.36. The second kappa shape index (κ2) is 10.8. The maximum absolute atomic E-state index is 12.8. The molecule has 35 heavy (non-hydrogen) atoms. The van der Waals surface area contributed by atoms with Gasteiger partial charge in [0.1, 0.15) is 18.8 Å². The third-order valence-electron chi connectivity index (χ3n) is 5.12. The summed E-state index contributed by atoms with van der Waals surface area (Å²) in [6.07, 6.45) is 1.50. The van der Waals surface area contributed by atoms with Crippen molar-refractivity contribution < 1.29 is 19.1 Å². The molecule has 3 aromatic rings. The number of aryl methyl sites for hydroxylation is 1. The number of hydrogen-bond donors (Lipinski definition) is 2. The van der Waals surface area contributed by atoms with Crippen molar-refractivity contribution in [3.63, 3.8) is 0 Å². The molecule has 2 N–H and O–H groups in total. The Bertz CT molecular complexity index is 1300. The highest BCUT2D eigenvalue weighted by Gasteiger charge is 2.35. The zero-order valence-corrected chi connectivity index (χ0v) is 21.0. The molecule has 7 nitrogen and oxygen atoms in total. The molecular weight excluding hydrogens is 534 g/mol. The molecule has 0 saturated carbocycles. The van der Waals surface area contributed by atoms with Gasteiger partial charge in [-0.1, -0.05) is 54.1 Å². The predicted octanol–water partition coefficient (Wildman–Crippen LogP) is 5.52. The number of benzene rings is 3. The van der Waals surface area contributed by atoms with Gasteiger partial charge in [0.05, 0.1) is 9.50 Å². The fraction of sp³-hybridized carbons (Fsp3) is 0.115. The second-order valence-corrected chi connectivity index (χ2v) is 9.15. The summed E-state index contributed by atoms with van der Waals surface area (Å²) < 4.78 is 6.44. The van der Waals surface area contributed by atoms with E-state index < -0.39 is 24.4 Å². The van der Waals surface area contributed by atoms with E-state index in [4.69, 9.17) is 16.3 Å². The summed E-state index contributed by atoms with van der Waals surface area (Å²) in [5.74, 6) is -0.619. The fourth-order valence-electron chi connectivity index (χ4n) is 3.48. The second-order valence-electron chi connectivity index (χ2n) is 7.89. The van der Waals surface area contributed by atoms with Crippen LogP contribution in [0.15, 0.2) is 76.9 Å². The van der Waals surface area contributed by atoms with Crippen molar-refractivity contribution in [3.8, 4) is 5.75 Å². The maximum Gasteiger partial charge on any atom is 0.329 e. The van der Waals surface area contributed by atoms with Crippen molar-refractivity contribution in [1.82, 2.24) is 10.2 Å². The van der Waals surface area contributed by atoms with E-state index in [0.29, 0.717) is 33.1 Å². The lowest BCUT2D eigenvalue weighted by Crippen LogP contribution is -2.38. The Hall–Kier alpha value is -3.62.